The van der Waals surface area contributed by atoms with Gasteiger partial charge in [-0.15, -0.1) is 0 Å². The third-order valence-electron chi connectivity index (χ3n) is 2.21. The molecule has 0 aromatic carbocycles. The number of carbonyl (C=O) groups is 1. The van der Waals surface area contributed by atoms with Crippen molar-refractivity contribution in [2.75, 3.05) is 40.1 Å². The van der Waals surface area contributed by atoms with Crippen LogP contribution >= 0.6 is 0 Å². The molecule has 1 unspecified atom stereocenters. The van der Waals surface area contributed by atoms with Crippen molar-refractivity contribution in [3.05, 3.63) is 0 Å². The highest BCUT2D eigenvalue weighted by molar-refractivity contribution is 5.70. The Balaban J connectivity index is 3.44. The van der Waals surface area contributed by atoms with Crippen molar-refractivity contribution in [1.29, 1.82) is 0 Å². The number of nitrogens with one attached hydrogen (secondary N) is 1. The minimum atomic E-state index is -0.311. The summed E-state index contributed by atoms with van der Waals surface area (Å²) in [5, 5.41) is 3.33. The summed E-state index contributed by atoms with van der Waals surface area (Å²) in [6.07, 6.45) is 2.19. The third kappa shape index (κ3) is 10.2. The lowest BCUT2D eigenvalue weighted by atomic mass is 10.2. The maximum absolute atomic E-state index is 11.0. The fraction of sp³-hybridized carbons (Fsp3) is 0.917. The van der Waals surface area contributed by atoms with E-state index in [0.29, 0.717) is 32.4 Å². The average Bonchev–Trinajstić information content (AvgIpc) is 2.29. The van der Waals surface area contributed by atoms with Gasteiger partial charge in [-0.2, -0.15) is 0 Å². The van der Waals surface area contributed by atoms with E-state index in [1.807, 2.05) is 0 Å². The van der Waals surface area contributed by atoms with Gasteiger partial charge in [0.15, 0.2) is 0 Å². The van der Waals surface area contributed by atoms with Crippen LogP contribution in [0.2, 0.25) is 0 Å². The normalized spacial score (nSPS) is 12.4. The Labute approximate surface area is 104 Å². The number of methoxy groups -OCH3 is 1. The number of hydrogen-bond donors (Lipinski definition) is 1. The van der Waals surface area contributed by atoms with E-state index in [4.69, 9.17) is 14.2 Å². The largest absolute Gasteiger partial charge is 0.464 e. The first-order valence-electron chi connectivity index (χ1n) is 6.20. The van der Waals surface area contributed by atoms with Gasteiger partial charge >= 0.3 is 5.97 Å². The predicted molar refractivity (Wildman–Crippen MR) is 66.0 cm³/mol. The molecule has 0 aromatic rings. The van der Waals surface area contributed by atoms with Crippen molar-refractivity contribution >= 4 is 5.97 Å². The smallest absolute Gasteiger partial charge is 0.332 e. The molecule has 0 aromatic heterocycles. The molecule has 1 N–H and O–H groups in total. The quantitative estimate of drug-likeness (QED) is 0.435. The Kier molecular flexibility index (Phi) is 11.4. The number of hydrogen-bond acceptors (Lipinski definition) is 5. The lowest BCUT2D eigenvalue weighted by Crippen LogP contribution is -2.35. The molecule has 0 radical (unpaired) electrons. The van der Waals surface area contributed by atoms with E-state index in [1.165, 1.54) is 0 Å². The molecular formula is C12H25NO4. The Hall–Kier alpha value is -0.650. The van der Waals surface area contributed by atoms with Crippen LogP contribution < -0.4 is 5.32 Å². The highest BCUT2D eigenvalue weighted by Crippen LogP contribution is 1.96. The standard InChI is InChI=1S/C12H25NO4/c1-4-6-11(9-15-3)13-7-8-16-10-12(14)17-5-2/h11,13H,4-10H2,1-3H3. The van der Waals surface area contributed by atoms with Crippen LogP contribution in [0, 0.1) is 0 Å². The Morgan fingerprint density at radius 1 is 1.35 bits per heavy atom. The van der Waals surface area contributed by atoms with Gasteiger partial charge in [-0.05, 0) is 13.3 Å². The third-order valence-corrected chi connectivity index (χ3v) is 2.21. The molecule has 0 amide bonds. The molecule has 0 heterocycles. The van der Waals surface area contributed by atoms with Crippen LogP contribution in [-0.2, 0) is 19.0 Å². The van der Waals surface area contributed by atoms with Crippen LogP contribution in [0.3, 0.4) is 0 Å². The van der Waals surface area contributed by atoms with Crippen LogP contribution in [0.1, 0.15) is 26.7 Å². The molecule has 1 atom stereocenters. The number of esters is 1. The van der Waals surface area contributed by atoms with E-state index in [9.17, 15) is 4.79 Å². The van der Waals surface area contributed by atoms with Crippen molar-refractivity contribution in [2.45, 2.75) is 32.7 Å². The van der Waals surface area contributed by atoms with E-state index in [0.717, 1.165) is 12.8 Å². The van der Waals surface area contributed by atoms with Crippen molar-refractivity contribution in [3.63, 3.8) is 0 Å². The summed E-state index contributed by atoms with van der Waals surface area (Å²) in [6, 6.07) is 0.358. The molecule has 0 rings (SSSR count). The monoisotopic (exact) mass is 247 g/mol. The summed E-state index contributed by atoms with van der Waals surface area (Å²) >= 11 is 0. The van der Waals surface area contributed by atoms with Gasteiger partial charge in [-0.25, -0.2) is 4.79 Å². The van der Waals surface area contributed by atoms with Gasteiger partial charge in [0.1, 0.15) is 6.61 Å². The second-order valence-corrected chi connectivity index (χ2v) is 3.75. The van der Waals surface area contributed by atoms with Crippen molar-refractivity contribution < 1.29 is 19.0 Å². The molecule has 17 heavy (non-hydrogen) atoms. The lowest BCUT2D eigenvalue weighted by molar-refractivity contribution is -0.148. The summed E-state index contributed by atoms with van der Waals surface area (Å²) in [7, 11) is 1.70. The molecule has 0 aliphatic rings. The molecule has 0 saturated heterocycles. The predicted octanol–water partition coefficient (Wildman–Crippen LogP) is 0.971. The van der Waals surface area contributed by atoms with Crippen molar-refractivity contribution in [3.8, 4) is 0 Å². The van der Waals surface area contributed by atoms with E-state index >= 15 is 0 Å². The number of ether oxygens (including phenoxy) is 3. The molecule has 102 valence electrons. The SMILES string of the molecule is CCCC(COC)NCCOCC(=O)OCC. The summed E-state index contributed by atoms with van der Waals surface area (Å²) in [6.45, 7) is 6.26. The fourth-order valence-electron chi connectivity index (χ4n) is 1.49. The van der Waals surface area contributed by atoms with E-state index in [2.05, 4.69) is 12.2 Å². The zero-order valence-corrected chi connectivity index (χ0v) is 11.2. The Morgan fingerprint density at radius 3 is 2.71 bits per heavy atom. The first-order chi connectivity index (χ1) is 8.24. The van der Waals surface area contributed by atoms with Crippen LogP contribution in [0.5, 0.6) is 0 Å². The Bertz CT molecular complexity index is 181. The van der Waals surface area contributed by atoms with Crippen molar-refractivity contribution in [1.82, 2.24) is 5.32 Å². The first kappa shape index (κ1) is 16.4. The van der Waals surface area contributed by atoms with Crippen LogP contribution in [0.25, 0.3) is 0 Å². The average molecular weight is 247 g/mol. The molecular weight excluding hydrogens is 222 g/mol. The second kappa shape index (κ2) is 11.8. The van der Waals surface area contributed by atoms with E-state index < -0.39 is 0 Å². The highest BCUT2D eigenvalue weighted by Gasteiger charge is 2.06. The van der Waals surface area contributed by atoms with Gasteiger partial charge in [-0.3, -0.25) is 0 Å². The van der Waals surface area contributed by atoms with Crippen LogP contribution in [0.15, 0.2) is 0 Å². The zero-order valence-electron chi connectivity index (χ0n) is 11.2. The maximum Gasteiger partial charge on any atom is 0.332 e. The molecule has 0 bridgehead atoms. The molecule has 0 fully saturated rings. The molecule has 5 nitrogen and oxygen atoms in total. The van der Waals surface area contributed by atoms with Gasteiger partial charge in [0.25, 0.3) is 0 Å². The van der Waals surface area contributed by atoms with Crippen molar-refractivity contribution in [2.24, 2.45) is 0 Å². The summed E-state index contributed by atoms with van der Waals surface area (Å²) in [4.78, 5) is 11.0. The topological polar surface area (TPSA) is 56.8 Å². The highest BCUT2D eigenvalue weighted by atomic mass is 16.6. The van der Waals surface area contributed by atoms with Crippen LogP contribution in [-0.4, -0.2) is 52.1 Å². The lowest BCUT2D eigenvalue weighted by Gasteiger charge is -2.16. The number of rotatable bonds is 11. The van der Waals surface area contributed by atoms with E-state index in [1.54, 1.807) is 14.0 Å². The minimum absolute atomic E-state index is 0.0260. The van der Waals surface area contributed by atoms with Gasteiger partial charge in [0, 0.05) is 19.7 Å². The first-order valence-corrected chi connectivity index (χ1v) is 6.20. The maximum atomic E-state index is 11.0. The van der Waals surface area contributed by atoms with E-state index in [-0.39, 0.29) is 12.6 Å². The summed E-state index contributed by atoms with van der Waals surface area (Å²) in [5.74, 6) is -0.311. The zero-order chi connectivity index (χ0) is 12.9. The van der Waals surface area contributed by atoms with Gasteiger partial charge < -0.3 is 19.5 Å². The molecule has 0 spiro atoms. The molecule has 0 saturated carbocycles. The molecule has 5 heteroatoms. The van der Waals surface area contributed by atoms with Gasteiger partial charge in [-0.1, -0.05) is 13.3 Å². The van der Waals surface area contributed by atoms with Gasteiger partial charge in [0.2, 0.25) is 0 Å². The summed E-state index contributed by atoms with van der Waals surface area (Å²) < 4.78 is 15.0. The molecule has 0 aliphatic heterocycles. The Morgan fingerprint density at radius 2 is 2.12 bits per heavy atom. The fourth-order valence-corrected chi connectivity index (χ4v) is 1.49. The number of carbonyl (C=O) groups excluding carboxylic acids is 1. The van der Waals surface area contributed by atoms with Crippen LogP contribution in [0.4, 0.5) is 0 Å². The second-order valence-electron chi connectivity index (χ2n) is 3.75. The van der Waals surface area contributed by atoms with Gasteiger partial charge in [0.05, 0.1) is 19.8 Å². The minimum Gasteiger partial charge on any atom is -0.464 e. The summed E-state index contributed by atoms with van der Waals surface area (Å²) in [5.41, 5.74) is 0. The molecule has 0 aliphatic carbocycles.